The smallest absolute Gasteiger partial charge is 0.298 e. The highest BCUT2D eigenvalue weighted by molar-refractivity contribution is 7.85. The van der Waals surface area contributed by atoms with Gasteiger partial charge >= 0.3 is 6.18 Å². The Hall–Kier alpha value is -1.21. The predicted octanol–water partition coefficient (Wildman–Crippen LogP) is 4.45. The van der Waals surface area contributed by atoms with Crippen molar-refractivity contribution in [2.24, 2.45) is 16.2 Å². The van der Waals surface area contributed by atoms with Crippen molar-refractivity contribution < 1.29 is 17.4 Å². The molecule has 1 heterocycles. The molecule has 0 radical (unpaired) electrons. The van der Waals surface area contributed by atoms with Crippen molar-refractivity contribution in [3.63, 3.8) is 0 Å². The molecule has 0 aromatic heterocycles. The zero-order valence-electron chi connectivity index (χ0n) is 15.3. The van der Waals surface area contributed by atoms with Gasteiger partial charge in [0.15, 0.2) is 0 Å². The van der Waals surface area contributed by atoms with Crippen molar-refractivity contribution in [1.82, 2.24) is 4.90 Å². The minimum absolute atomic E-state index is 0.284. The number of likely N-dealkylation sites (tertiary alicyclic amines) is 1. The second-order valence-electron chi connectivity index (χ2n) is 8.24. The molecule has 1 aliphatic heterocycles. The van der Waals surface area contributed by atoms with Crippen LogP contribution in [-0.4, -0.2) is 32.7 Å². The van der Waals surface area contributed by atoms with E-state index in [1.807, 2.05) is 20.8 Å². The van der Waals surface area contributed by atoms with Gasteiger partial charge in [0.2, 0.25) is 0 Å². The van der Waals surface area contributed by atoms with Crippen LogP contribution in [0.5, 0.6) is 0 Å². The van der Waals surface area contributed by atoms with Gasteiger partial charge in [0.1, 0.15) is 11.0 Å². The molecule has 1 aromatic carbocycles. The van der Waals surface area contributed by atoms with Gasteiger partial charge in [0.05, 0.1) is 10.3 Å². The van der Waals surface area contributed by atoms with Gasteiger partial charge < -0.3 is 0 Å². The largest absolute Gasteiger partial charge is 0.416 e. The van der Waals surface area contributed by atoms with Crippen molar-refractivity contribution in [3.8, 4) is 0 Å². The van der Waals surface area contributed by atoms with E-state index < -0.39 is 22.7 Å². The third kappa shape index (κ3) is 4.36. The number of fused-ring (bicyclic) bond motifs is 1. The van der Waals surface area contributed by atoms with E-state index in [0.717, 1.165) is 37.7 Å². The van der Waals surface area contributed by atoms with Crippen LogP contribution in [0.2, 0.25) is 0 Å². The lowest BCUT2D eigenvalue weighted by molar-refractivity contribution is -0.137. The lowest BCUT2D eigenvalue weighted by atomic mass is 10.00. The van der Waals surface area contributed by atoms with E-state index in [4.69, 9.17) is 0 Å². The summed E-state index contributed by atoms with van der Waals surface area (Å²) in [7, 11) is -1.25. The maximum Gasteiger partial charge on any atom is 0.416 e. The highest BCUT2D eigenvalue weighted by atomic mass is 32.2. The fourth-order valence-corrected chi connectivity index (χ4v) is 4.45. The number of alkyl halides is 3. The quantitative estimate of drug-likeness (QED) is 0.769. The summed E-state index contributed by atoms with van der Waals surface area (Å²) in [4.78, 5) is 2.19. The zero-order valence-corrected chi connectivity index (χ0v) is 16.2. The van der Waals surface area contributed by atoms with Crippen molar-refractivity contribution >= 4 is 16.7 Å². The Bertz CT molecular complexity index is 724. The average molecular weight is 386 g/mol. The summed E-state index contributed by atoms with van der Waals surface area (Å²) in [6.45, 7) is 7.88. The second kappa shape index (κ2) is 7.08. The highest BCUT2D eigenvalue weighted by Gasteiger charge is 2.41. The number of hydrogen-bond acceptors (Lipinski definition) is 2. The van der Waals surface area contributed by atoms with Crippen molar-refractivity contribution in [1.29, 1.82) is 0 Å². The first kappa shape index (κ1) is 19.5. The lowest BCUT2D eigenvalue weighted by Gasteiger charge is -2.18. The van der Waals surface area contributed by atoms with Gasteiger partial charge in [-0.05, 0) is 51.2 Å². The molecule has 1 aromatic rings. The number of benzene rings is 1. The molecule has 0 unspecified atom stereocenters. The van der Waals surface area contributed by atoms with Crippen LogP contribution in [0.1, 0.15) is 44.7 Å². The average Bonchev–Trinajstić information content (AvgIpc) is 3.07. The Kier molecular flexibility index (Phi) is 5.32. The topological polar surface area (TPSA) is 32.7 Å². The molecule has 0 spiro atoms. The van der Waals surface area contributed by atoms with E-state index >= 15 is 0 Å². The first-order valence-electron chi connectivity index (χ1n) is 8.92. The maximum atomic E-state index is 12.9. The van der Waals surface area contributed by atoms with Crippen LogP contribution in [0.15, 0.2) is 28.7 Å². The number of rotatable bonds is 3. The van der Waals surface area contributed by atoms with Gasteiger partial charge in [-0.2, -0.15) is 17.6 Å². The minimum Gasteiger partial charge on any atom is -0.298 e. The fraction of sp³-hybridized carbons (Fsp3) is 0.632. The Labute approximate surface area is 155 Å². The summed E-state index contributed by atoms with van der Waals surface area (Å²) in [6, 6.07) is 5.55. The summed E-state index contributed by atoms with van der Waals surface area (Å²) in [5, 5.41) is 0. The summed E-state index contributed by atoms with van der Waals surface area (Å²) >= 11 is 0. The molecule has 7 heteroatoms. The molecule has 1 aliphatic carbocycles. The lowest BCUT2D eigenvalue weighted by Crippen LogP contribution is -2.25. The summed E-state index contributed by atoms with van der Waals surface area (Å²) in [6.07, 6.45) is -2.41. The van der Waals surface area contributed by atoms with Gasteiger partial charge in [-0.3, -0.25) is 4.90 Å². The van der Waals surface area contributed by atoms with Gasteiger partial charge in [0.25, 0.3) is 0 Å². The Balaban J connectivity index is 1.68. The van der Waals surface area contributed by atoms with E-state index in [1.165, 1.54) is 12.1 Å². The standard InChI is InChI=1S/C19H25F3N2OS/c1-18(2,3)26(25)23-17-8-7-14-11-24(12-16(14)17)10-13-5-4-6-15(9-13)19(20,21)22/h4-6,9,14,16H,7-8,10-12H2,1-3H3/b23-17+/t14-,16+,26+/m1/s1. The predicted molar refractivity (Wildman–Crippen MR) is 98.3 cm³/mol. The number of halogens is 3. The molecule has 1 saturated heterocycles. The van der Waals surface area contributed by atoms with Crippen LogP contribution in [-0.2, 0) is 23.7 Å². The fourth-order valence-electron chi connectivity index (χ4n) is 3.74. The maximum absolute atomic E-state index is 12.9. The highest BCUT2D eigenvalue weighted by Crippen LogP contribution is 2.38. The summed E-state index contributed by atoms with van der Waals surface area (Å²) in [5.41, 5.74) is 1.10. The molecule has 144 valence electrons. The molecule has 2 fully saturated rings. The molecule has 26 heavy (non-hydrogen) atoms. The van der Waals surface area contributed by atoms with Crippen LogP contribution >= 0.6 is 0 Å². The summed E-state index contributed by atoms with van der Waals surface area (Å²) < 4.78 is 55.1. The van der Waals surface area contributed by atoms with Crippen molar-refractivity contribution in [2.45, 2.75) is 51.1 Å². The molecular weight excluding hydrogens is 361 g/mol. The second-order valence-corrected chi connectivity index (χ2v) is 10.1. The summed E-state index contributed by atoms with van der Waals surface area (Å²) in [5.74, 6) is 0.753. The van der Waals surface area contributed by atoms with E-state index in [9.17, 15) is 17.4 Å². The molecular formula is C19H25F3N2OS. The van der Waals surface area contributed by atoms with Crippen LogP contribution in [0, 0.1) is 11.8 Å². The molecule has 3 nitrogen and oxygen atoms in total. The molecule has 0 bridgehead atoms. The van der Waals surface area contributed by atoms with Crippen LogP contribution in [0.25, 0.3) is 0 Å². The molecule has 0 amide bonds. The number of hydrogen-bond donors (Lipinski definition) is 0. The minimum atomic E-state index is -4.31. The third-order valence-corrected chi connectivity index (χ3v) is 6.55. The Morgan fingerprint density at radius 2 is 1.96 bits per heavy atom. The molecule has 3 rings (SSSR count). The monoisotopic (exact) mass is 386 g/mol. The molecule has 1 saturated carbocycles. The Morgan fingerprint density at radius 1 is 1.23 bits per heavy atom. The van der Waals surface area contributed by atoms with Gasteiger partial charge in [-0.25, -0.2) is 4.21 Å². The van der Waals surface area contributed by atoms with Gasteiger partial charge in [0, 0.05) is 31.3 Å². The third-order valence-electron chi connectivity index (χ3n) is 5.10. The Morgan fingerprint density at radius 3 is 2.62 bits per heavy atom. The van der Waals surface area contributed by atoms with Gasteiger partial charge in [-0.1, -0.05) is 18.2 Å². The van der Waals surface area contributed by atoms with E-state index in [0.29, 0.717) is 18.0 Å². The SMILES string of the molecule is CC(C)(C)[S@](=O)/N=C1\CC[C@@H]2CN(Cc3cccc(C(F)(F)F)c3)C[C@H]12. The van der Waals surface area contributed by atoms with E-state index in [-0.39, 0.29) is 10.7 Å². The van der Waals surface area contributed by atoms with E-state index in [2.05, 4.69) is 9.30 Å². The molecule has 0 N–H and O–H groups in total. The zero-order chi connectivity index (χ0) is 19.1. The van der Waals surface area contributed by atoms with Crippen LogP contribution < -0.4 is 0 Å². The van der Waals surface area contributed by atoms with Crippen molar-refractivity contribution in [3.05, 3.63) is 35.4 Å². The van der Waals surface area contributed by atoms with E-state index in [1.54, 1.807) is 6.07 Å². The van der Waals surface area contributed by atoms with Crippen LogP contribution in [0.3, 0.4) is 0 Å². The normalized spacial score (nSPS) is 27.1. The molecule has 2 aliphatic rings. The van der Waals surface area contributed by atoms with Crippen LogP contribution in [0.4, 0.5) is 13.2 Å². The number of nitrogens with zero attached hydrogens (tertiary/aromatic N) is 2. The van der Waals surface area contributed by atoms with Gasteiger partial charge in [-0.15, -0.1) is 0 Å². The first-order chi connectivity index (χ1) is 12.0. The molecule has 3 atom stereocenters. The first-order valence-corrected chi connectivity index (χ1v) is 10.0. The van der Waals surface area contributed by atoms with Crippen molar-refractivity contribution in [2.75, 3.05) is 13.1 Å².